The molecule has 1 amide bonds. The Morgan fingerprint density at radius 1 is 0.424 bits per heavy atom. The van der Waals surface area contributed by atoms with Gasteiger partial charge >= 0.3 is 0 Å². The smallest absolute Gasteiger partial charge is 0.220 e. The van der Waals surface area contributed by atoms with E-state index in [0.29, 0.717) is 6.42 Å². The third kappa shape index (κ3) is 46.5. The Bertz CT molecular complexity index is 1070. The summed E-state index contributed by atoms with van der Waals surface area (Å²) in [5, 5.41) is 23.1. The summed E-state index contributed by atoms with van der Waals surface area (Å²) in [5.41, 5.74) is 0. The van der Waals surface area contributed by atoms with Crippen LogP contribution in [0.2, 0.25) is 0 Å². The molecule has 0 aliphatic carbocycles. The zero-order chi connectivity index (χ0) is 42.8. The summed E-state index contributed by atoms with van der Waals surface area (Å²) in [7, 11) is 0. The first kappa shape index (κ1) is 56.6. The molecule has 2 atom stereocenters. The fourth-order valence-corrected chi connectivity index (χ4v) is 7.30. The molecule has 0 saturated carbocycles. The molecule has 59 heavy (non-hydrogen) atoms. The van der Waals surface area contributed by atoms with E-state index in [1.807, 2.05) is 6.08 Å². The van der Waals surface area contributed by atoms with Crippen LogP contribution in [0, 0.1) is 0 Å². The summed E-state index contributed by atoms with van der Waals surface area (Å²) in [5.74, 6) is -0.0898. The molecule has 3 N–H and O–H groups in total. The lowest BCUT2D eigenvalue weighted by Gasteiger charge is -2.20. The zero-order valence-corrected chi connectivity index (χ0v) is 39.0. The van der Waals surface area contributed by atoms with Crippen molar-refractivity contribution in [1.82, 2.24) is 5.32 Å². The Kier molecular flexibility index (Phi) is 47.9. The van der Waals surface area contributed by atoms with Gasteiger partial charge < -0.3 is 15.5 Å². The number of unbranched alkanes of at least 4 members (excludes halogenated alkanes) is 26. The van der Waals surface area contributed by atoms with E-state index in [-0.39, 0.29) is 12.5 Å². The molecule has 340 valence electrons. The molecular formula is C55H97NO3. The quantitative estimate of drug-likeness (QED) is 0.0423. The minimum atomic E-state index is -0.856. The van der Waals surface area contributed by atoms with Gasteiger partial charge in [-0.15, -0.1) is 0 Å². The van der Waals surface area contributed by atoms with Crippen molar-refractivity contribution in [2.24, 2.45) is 0 Å². The average Bonchev–Trinajstić information content (AvgIpc) is 3.24. The molecule has 0 rings (SSSR count). The molecule has 0 aromatic carbocycles. The number of hydrogen-bond donors (Lipinski definition) is 3. The van der Waals surface area contributed by atoms with Crippen LogP contribution in [-0.2, 0) is 4.79 Å². The number of carbonyl (C=O) groups is 1. The van der Waals surface area contributed by atoms with Gasteiger partial charge in [0, 0.05) is 6.42 Å². The van der Waals surface area contributed by atoms with Crippen molar-refractivity contribution in [2.75, 3.05) is 6.61 Å². The lowest BCUT2D eigenvalue weighted by atomic mass is 10.0. The highest BCUT2D eigenvalue weighted by Crippen LogP contribution is 2.16. The fraction of sp³-hybridized carbons (Fsp3) is 0.727. The SMILES string of the molecule is CC/C=C\C/C=C\C/C=C\C/C=C\C/C=C\C/C=C\CCCCCCC(=O)NC(CO)C(O)/C=C/CCCCCCCCCCCCCCCCCCCCCCCC. The van der Waals surface area contributed by atoms with Gasteiger partial charge in [-0.3, -0.25) is 4.79 Å². The van der Waals surface area contributed by atoms with E-state index in [9.17, 15) is 15.0 Å². The molecule has 4 nitrogen and oxygen atoms in total. The monoisotopic (exact) mass is 820 g/mol. The van der Waals surface area contributed by atoms with Gasteiger partial charge in [0.1, 0.15) is 0 Å². The third-order valence-electron chi connectivity index (χ3n) is 11.1. The predicted octanol–water partition coefficient (Wildman–Crippen LogP) is 16.4. The maximum absolute atomic E-state index is 12.4. The molecule has 4 heteroatoms. The molecular weight excluding hydrogens is 723 g/mol. The molecule has 0 radical (unpaired) electrons. The van der Waals surface area contributed by atoms with E-state index in [4.69, 9.17) is 0 Å². The second kappa shape index (κ2) is 49.9. The van der Waals surface area contributed by atoms with Crippen molar-refractivity contribution in [3.05, 3.63) is 85.1 Å². The average molecular weight is 820 g/mol. The first-order valence-electron chi connectivity index (χ1n) is 25.3. The van der Waals surface area contributed by atoms with Crippen LogP contribution in [0.5, 0.6) is 0 Å². The number of rotatable bonds is 45. The summed E-state index contributed by atoms with van der Waals surface area (Å²) >= 11 is 0. The van der Waals surface area contributed by atoms with Gasteiger partial charge in [0.15, 0.2) is 0 Å². The van der Waals surface area contributed by atoms with Crippen LogP contribution in [0.1, 0.15) is 239 Å². The van der Waals surface area contributed by atoms with Gasteiger partial charge in [-0.2, -0.15) is 0 Å². The fourth-order valence-electron chi connectivity index (χ4n) is 7.30. The largest absolute Gasteiger partial charge is 0.394 e. The second-order valence-corrected chi connectivity index (χ2v) is 16.9. The number of aliphatic hydroxyl groups is 2. The van der Waals surface area contributed by atoms with Crippen molar-refractivity contribution in [3.8, 4) is 0 Å². The molecule has 0 fully saturated rings. The van der Waals surface area contributed by atoms with Crippen LogP contribution in [0.25, 0.3) is 0 Å². The Morgan fingerprint density at radius 2 is 0.746 bits per heavy atom. The molecule has 0 bridgehead atoms. The number of hydrogen-bond acceptors (Lipinski definition) is 3. The number of nitrogens with one attached hydrogen (secondary N) is 1. The Balaban J connectivity index is 3.62. The molecule has 0 saturated heterocycles. The van der Waals surface area contributed by atoms with Gasteiger partial charge in [-0.05, 0) is 70.6 Å². The summed E-state index contributed by atoms with van der Waals surface area (Å²) in [6.45, 7) is 4.19. The van der Waals surface area contributed by atoms with E-state index in [0.717, 1.165) is 83.5 Å². The molecule has 0 heterocycles. The number of amides is 1. The first-order valence-corrected chi connectivity index (χ1v) is 25.3. The number of allylic oxidation sites excluding steroid dienone is 13. The van der Waals surface area contributed by atoms with E-state index in [1.165, 1.54) is 135 Å². The van der Waals surface area contributed by atoms with Crippen molar-refractivity contribution in [3.63, 3.8) is 0 Å². The summed E-state index contributed by atoms with van der Waals surface area (Å²) in [6, 6.07) is -0.642. The molecule has 0 aromatic rings. The highest BCUT2D eigenvalue weighted by Gasteiger charge is 2.17. The maximum Gasteiger partial charge on any atom is 0.220 e. The topological polar surface area (TPSA) is 69.6 Å². The first-order chi connectivity index (χ1) is 29.2. The Morgan fingerprint density at radius 3 is 1.12 bits per heavy atom. The van der Waals surface area contributed by atoms with E-state index in [2.05, 4.69) is 92.1 Å². The normalized spacial score (nSPS) is 13.6. The minimum Gasteiger partial charge on any atom is -0.394 e. The van der Waals surface area contributed by atoms with E-state index < -0.39 is 12.1 Å². The molecule has 2 unspecified atom stereocenters. The predicted molar refractivity (Wildman–Crippen MR) is 262 cm³/mol. The van der Waals surface area contributed by atoms with Crippen molar-refractivity contribution in [1.29, 1.82) is 0 Å². The van der Waals surface area contributed by atoms with E-state index >= 15 is 0 Å². The molecule has 0 aromatic heterocycles. The summed E-state index contributed by atoms with van der Waals surface area (Å²) < 4.78 is 0. The maximum atomic E-state index is 12.4. The van der Waals surface area contributed by atoms with Crippen molar-refractivity contribution in [2.45, 2.75) is 251 Å². The van der Waals surface area contributed by atoms with Crippen LogP contribution in [0.3, 0.4) is 0 Å². The van der Waals surface area contributed by atoms with Crippen LogP contribution in [0.4, 0.5) is 0 Å². The second-order valence-electron chi connectivity index (χ2n) is 16.9. The third-order valence-corrected chi connectivity index (χ3v) is 11.1. The van der Waals surface area contributed by atoms with Gasteiger partial charge in [0.25, 0.3) is 0 Å². The highest BCUT2D eigenvalue weighted by atomic mass is 16.3. The van der Waals surface area contributed by atoms with E-state index in [1.54, 1.807) is 6.08 Å². The van der Waals surface area contributed by atoms with Crippen LogP contribution in [-0.4, -0.2) is 34.9 Å². The lowest BCUT2D eigenvalue weighted by molar-refractivity contribution is -0.123. The standard InChI is InChI=1S/C55H97NO3/c1-3-5-7-9-11-13-15-17-19-21-23-25-27-29-30-32-34-36-38-40-42-44-46-48-50-54(58)53(52-57)56-55(59)51-49-47-45-43-41-39-37-35-33-31-28-26-24-22-20-18-16-14-12-10-8-6-4-2/h6,8,12,14,18,20,24,26,31,33,37,39,48,50,53-54,57-58H,3-5,7,9-11,13,15-17,19,21-23,25,27-30,32,34-36,38,40-47,49,51-52H2,1-2H3,(H,56,59)/b8-6-,14-12-,20-18-,26-24-,33-31-,39-37-,50-48+. The Labute approximate surface area is 367 Å². The van der Waals surface area contributed by atoms with Crippen molar-refractivity contribution < 1.29 is 15.0 Å². The number of carbonyl (C=O) groups excluding carboxylic acids is 1. The highest BCUT2D eigenvalue weighted by molar-refractivity contribution is 5.76. The minimum absolute atomic E-state index is 0.0898. The molecule has 0 aliphatic rings. The zero-order valence-electron chi connectivity index (χ0n) is 39.0. The summed E-state index contributed by atoms with van der Waals surface area (Å²) in [4.78, 5) is 12.4. The van der Waals surface area contributed by atoms with Gasteiger partial charge in [0.2, 0.25) is 5.91 Å². The Hall–Kier alpha value is -2.43. The van der Waals surface area contributed by atoms with Crippen LogP contribution < -0.4 is 5.32 Å². The van der Waals surface area contributed by atoms with Crippen LogP contribution >= 0.6 is 0 Å². The van der Waals surface area contributed by atoms with Gasteiger partial charge in [-0.25, -0.2) is 0 Å². The lowest BCUT2D eigenvalue weighted by Crippen LogP contribution is -2.45. The van der Waals surface area contributed by atoms with Crippen LogP contribution in [0.15, 0.2) is 85.1 Å². The number of aliphatic hydroxyl groups excluding tert-OH is 2. The van der Waals surface area contributed by atoms with Crippen molar-refractivity contribution >= 4 is 5.91 Å². The molecule has 0 aliphatic heterocycles. The van der Waals surface area contributed by atoms with Gasteiger partial charge in [-0.1, -0.05) is 247 Å². The molecule has 0 spiro atoms. The van der Waals surface area contributed by atoms with Gasteiger partial charge in [0.05, 0.1) is 18.8 Å². The summed E-state index contributed by atoms with van der Waals surface area (Å²) in [6.07, 6.45) is 72.8.